The van der Waals surface area contributed by atoms with E-state index < -0.39 is 33.2 Å². The Hall–Kier alpha value is -4.64. The Labute approximate surface area is 180 Å². The van der Waals surface area contributed by atoms with Crippen LogP contribution in [0, 0.1) is 20.2 Å². The van der Waals surface area contributed by atoms with Crippen molar-refractivity contribution in [3.8, 4) is 11.5 Å². The van der Waals surface area contributed by atoms with Crippen LogP contribution in [-0.2, 0) is 4.79 Å². The van der Waals surface area contributed by atoms with Crippen molar-refractivity contribution in [1.82, 2.24) is 5.43 Å². The van der Waals surface area contributed by atoms with Gasteiger partial charge in [0.1, 0.15) is 5.75 Å². The lowest BCUT2D eigenvalue weighted by Crippen LogP contribution is -2.25. The van der Waals surface area contributed by atoms with E-state index in [9.17, 15) is 30.1 Å². The van der Waals surface area contributed by atoms with Gasteiger partial charge in [-0.3, -0.25) is 25.0 Å². The van der Waals surface area contributed by atoms with E-state index in [2.05, 4.69) is 10.5 Å². The zero-order valence-corrected chi connectivity index (χ0v) is 16.3. The quantitative estimate of drug-likeness (QED) is 0.311. The van der Waals surface area contributed by atoms with Crippen LogP contribution in [0.3, 0.4) is 0 Å². The van der Waals surface area contributed by atoms with Crippen molar-refractivity contribution in [3.63, 3.8) is 0 Å². The summed E-state index contributed by atoms with van der Waals surface area (Å²) in [5, 5.41) is 35.9. The van der Waals surface area contributed by atoms with Crippen LogP contribution in [0.25, 0.3) is 0 Å². The van der Waals surface area contributed by atoms with Gasteiger partial charge in [-0.1, -0.05) is 42.5 Å². The molecule has 0 radical (unpaired) electrons. The highest BCUT2D eigenvalue weighted by molar-refractivity contribution is 5.85. The maximum atomic E-state index is 12.0. The average molecular weight is 436 g/mol. The molecule has 32 heavy (non-hydrogen) atoms. The molecular formula is C21H16N4O7. The number of aliphatic hydroxyl groups is 1. The van der Waals surface area contributed by atoms with E-state index in [4.69, 9.17) is 4.74 Å². The molecule has 11 heteroatoms. The molecule has 0 fully saturated rings. The van der Waals surface area contributed by atoms with Crippen molar-refractivity contribution in [3.05, 3.63) is 104 Å². The summed E-state index contributed by atoms with van der Waals surface area (Å²) >= 11 is 0. The van der Waals surface area contributed by atoms with Gasteiger partial charge in [0.2, 0.25) is 5.75 Å². The highest BCUT2D eigenvalue weighted by Gasteiger charge is 2.21. The summed E-state index contributed by atoms with van der Waals surface area (Å²) in [5.74, 6) is -0.683. The topological polar surface area (TPSA) is 157 Å². The van der Waals surface area contributed by atoms with Crippen LogP contribution in [-0.4, -0.2) is 27.1 Å². The summed E-state index contributed by atoms with van der Waals surface area (Å²) in [4.78, 5) is 32.6. The van der Waals surface area contributed by atoms with Crippen molar-refractivity contribution in [2.45, 2.75) is 6.10 Å². The Balaban J connectivity index is 1.70. The molecule has 3 aromatic carbocycles. The van der Waals surface area contributed by atoms with Gasteiger partial charge >= 0.3 is 5.69 Å². The molecule has 162 valence electrons. The fraction of sp³-hybridized carbons (Fsp3) is 0.0476. The zero-order valence-electron chi connectivity index (χ0n) is 16.3. The van der Waals surface area contributed by atoms with Crippen LogP contribution >= 0.6 is 0 Å². The van der Waals surface area contributed by atoms with Gasteiger partial charge in [0.15, 0.2) is 6.10 Å². The molecule has 0 aliphatic carbocycles. The third-order valence-corrected chi connectivity index (χ3v) is 4.19. The number of aliphatic hydroxyl groups excluding tert-OH is 1. The first kappa shape index (κ1) is 22.1. The summed E-state index contributed by atoms with van der Waals surface area (Å²) in [6.07, 6.45) is -0.0853. The van der Waals surface area contributed by atoms with Crippen LogP contribution in [0.2, 0.25) is 0 Å². The van der Waals surface area contributed by atoms with Crippen molar-refractivity contribution in [2.24, 2.45) is 5.10 Å². The minimum atomic E-state index is -1.38. The summed E-state index contributed by atoms with van der Waals surface area (Å²) in [5.41, 5.74) is 2.14. The number of non-ortho nitro benzene ring substituents is 1. The van der Waals surface area contributed by atoms with E-state index in [1.807, 2.05) is 0 Å². The molecule has 0 aliphatic heterocycles. The highest BCUT2D eigenvalue weighted by atomic mass is 16.6. The van der Waals surface area contributed by atoms with Crippen LogP contribution in [0.1, 0.15) is 17.2 Å². The number of hydrogen-bond donors (Lipinski definition) is 2. The van der Waals surface area contributed by atoms with Crippen molar-refractivity contribution < 1.29 is 24.5 Å². The molecule has 11 nitrogen and oxygen atoms in total. The fourth-order valence-electron chi connectivity index (χ4n) is 2.65. The molecule has 0 bridgehead atoms. The molecule has 0 saturated carbocycles. The van der Waals surface area contributed by atoms with Crippen molar-refractivity contribution in [1.29, 1.82) is 0 Å². The number of hydrazone groups is 1. The first-order chi connectivity index (χ1) is 15.3. The Bertz CT molecular complexity index is 1180. The summed E-state index contributed by atoms with van der Waals surface area (Å²) in [6, 6.07) is 17.7. The van der Waals surface area contributed by atoms with Crippen LogP contribution in [0.5, 0.6) is 11.5 Å². The fourth-order valence-corrected chi connectivity index (χ4v) is 2.65. The first-order valence-electron chi connectivity index (χ1n) is 9.12. The molecule has 2 N–H and O–H groups in total. The SMILES string of the molecule is O=C(N/N=C\c1cccc(Oc2ccc([N+](=O)[O-])cc2[N+](=O)[O-])c1)[C@@H](O)c1ccccc1. The first-order valence-corrected chi connectivity index (χ1v) is 9.12. The van der Waals surface area contributed by atoms with E-state index in [-0.39, 0.29) is 11.5 Å². The van der Waals surface area contributed by atoms with E-state index in [0.717, 1.165) is 18.2 Å². The van der Waals surface area contributed by atoms with E-state index in [0.29, 0.717) is 11.1 Å². The Morgan fingerprint density at radius 1 is 1.00 bits per heavy atom. The molecule has 3 rings (SSSR count). The summed E-state index contributed by atoms with van der Waals surface area (Å²) in [7, 11) is 0. The lowest BCUT2D eigenvalue weighted by Gasteiger charge is -2.08. The predicted molar refractivity (Wildman–Crippen MR) is 113 cm³/mol. The van der Waals surface area contributed by atoms with Crippen molar-refractivity contribution in [2.75, 3.05) is 0 Å². The summed E-state index contributed by atoms with van der Waals surface area (Å²) in [6.45, 7) is 0. The van der Waals surface area contributed by atoms with E-state index in [1.165, 1.54) is 18.3 Å². The van der Waals surface area contributed by atoms with Gasteiger partial charge in [-0.2, -0.15) is 5.10 Å². The Morgan fingerprint density at radius 3 is 2.44 bits per heavy atom. The number of hydrogen-bond acceptors (Lipinski definition) is 8. The largest absolute Gasteiger partial charge is 0.450 e. The van der Waals surface area contributed by atoms with Gasteiger partial charge in [0.25, 0.3) is 11.6 Å². The number of carbonyl (C=O) groups is 1. The molecule has 0 saturated heterocycles. The average Bonchev–Trinajstić information content (AvgIpc) is 2.79. The van der Waals surface area contributed by atoms with Crippen LogP contribution in [0.4, 0.5) is 11.4 Å². The number of rotatable bonds is 8. The minimum absolute atomic E-state index is 0.172. The number of carbonyl (C=O) groups excluding carboxylic acids is 1. The Morgan fingerprint density at radius 2 is 1.75 bits per heavy atom. The maximum Gasteiger partial charge on any atom is 0.318 e. The van der Waals surface area contributed by atoms with Crippen LogP contribution in [0.15, 0.2) is 77.9 Å². The monoisotopic (exact) mass is 436 g/mol. The minimum Gasteiger partial charge on any atom is -0.450 e. The number of nitro benzene ring substituents is 2. The third kappa shape index (κ3) is 5.49. The Kier molecular flexibility index (Phi) is 6.83. The molecular weight excluding hydrogens is 420 g/mol. The molecule has 0 spiro atoms. The van der Waals surface area contributed by atoms with Crippen molar-refractivity contribution >= 4 is 23.5 Å². The van der Waals surface area contributed by atoms with E-state index in [1.54, 1.807) is 42.5 Å². The lowest BCUT2D eigenvalue weighted by atomic mass is 10.1. The van der Waals surface area contributed by atoms with Gasteiger partial charge in [0, 0.05) is 6.07 Å². The van der Waals surface area contributed by atoms with Gasteiger partial charge < -0.3 is 9.84 Å². The number of benzene rings is 3. The second kappa shape index (κ2) is 9.91. The van der Waals surface area contributed by atoms with Crippen LogP contribution < -0.4 is 10.2 Å². The predicted octanol–water partition coefficient (Wildman–Crippen LogP) is 3.48. The number of amides is 1. The zero-order chi connectivity index (χ0) is 23.1. The molecule has 0 heterocycles. The maximum absolute atomic E-state index is 12.0. The normalized spacial score (nSPS) is 11.7. The smallest absolute Gasteiger partial charge is 0.318 e. The number of nitrogens with one attached hydrogen (secondary N) is 1. The van der Waals surface area contributed by atoms with E-state index >= 15 is 0 Å². The van der Waals surface area contributed by atoms with Gasteiger partial charge in [-0.25, -0.2) is 5.43 Å². The molecule has 1 atom stereocenters. The number of nitrogens with zero attached hydrogens (tertiary/aromatic N) is 3. The second-order valence-electron chi connectivity index (χ2n) is 6.39. The van der Waals surface area contributed by atoms with Gasteiger partial charge in [-0.15, -0.1) is 0 Å². The number of ether oxygens (including phenoxy) is 1. The molecule has 0 aliphatic rings. The van der Waals surface area contributed by atoms with Gasteiger partial charge in [-0.05, 0) is 29.3 Å². The third-order valence-electron chi connectivity index (χ3n) is 4.19. The number of nitro groups is 2. The second-order valence-corrected chi connectivity index (χ2v) is 6.39. The van der Waals surface area contributed by atoms with Gasteiger partial charge in [0.05, 0.1) is 22.1 Å². The lowest BCUT2D eigenvalue weighted by molar-refractivity contribution is -0.394. The standard InChI is InChI=1S/C21H16N4O7/c26-20(15-6-2-1-3-7-15)21(27)23-22-13-14-5-4-8-17(11-14)32-19-10-9-16(24(28)29)12-18(19)25(30)31/h1-13,20,26H,(H,23,27)/b22-13-/t20-/m0/s1. The highest BCUT2D eigenvalue weighted by Crippen LogP contribution is 2.34. The molecule has 0 aromatic heterocycles. The molecule has 0 unspecified atom stereocenters. The summed E-state index contributed by atoms with van der Waals surface area (Å²) < 4.78 is 5.52. The molecule has 1 amide bonds. The molecule has 3 aromatic rings.